The highest BCUT2D eigenvalue weighted by Crippen LogP contribution is 2.20. The number of benzene rings is 2. The molecule has 114 valence electrons. The van der Waals surface area contributed by atoms with Crippen molar-refractivity contribution in [2.75, 3.05) is 5.32 Å². The minimum Gasteiger partial charge on any atom is -0.491 e. The summed E-state index contributed by atoms with van der Waals surface area (Å²) < 4.78 is 5.60. The molecule has 0 fully saturated rings. The van der Waals surface area contributed by atoms with E-state index in [1.54, 1.807) is 37.3 Å². The van der Waals surface area contributed by atoms with Crippen LogP contribution in [0.25, 0.3) is 0 Å². The molecule has 0 aromatic heterocycles. The van der Waals surface area contributed by atoms with Crippen molar-refractivity contribution in [2.24, 2.45) is 0 Å². The lowest BCUT2D eigenvalue weighted by Gasteiger charge is -2.12. The van der Waals surface area contributed by atoms with Gasteiger partial charge in [-0.1, -0.05) is 18.2 Å². The second kappa shape index (κ2) is 6.89. The zero-order valence-electron chi connectivity index (χ0n) is 12.9. The fourth-order valence-corrected chi connectivity index (χ4v) is 2.14. The number of hydrogen-bond donors (Lipinski definition) is 1. The van der Waals surface area contributed by atoms with E-state index in [0.717, 1.165) is 6.29 Å². The van der Waals surface area contributed by atoms with E-state index in [9.17, 15) is 9.59 Å². The van der Waals surface area contributed by atoms with Gasteiger partial charge in [0.05, 0.1) is 6.10 Å². The van der Waals surface area contributed by atoms with Crippen LogP contribution in [-0.2, 0) is 0 Å². The van der Waals surface area contributed by atoms with Gasteiger partial charge in [0.2, 0.25) is 0 Å². The summed E-state index contributed by atoms with van der Waals surface area (Å²) in [6.45, 7) is 5.65. The van der Waals surface area contributed by atoms with Crippen LogP contribution in [0.3, 0.4) is 0 Å². The van der Waals surface area contributed by atoms with Gasteiger partial charge in [-0.25, -0.2) is 0 Å². The minimum absolute atomic E-state index is 0.0671. The monoisotopic (exact) mass is 297 g/mol. The molecule has 22 heavy (non-hydrogen) atoms. The van der Waals surface area contributed by atoms with Gasteiger partial charge in [-0.2, -0.15) is 0 Å². The number of aldehydes is 1. The molecule has 0 spiro atoms. The molecular formula is C18H19NO3. The van der Waals surface area contributed by atoms with E-state index in [1.807, 2.05) is 26.0 Å². The van der Waals surface area contributed by atoms with Crippen molar-refractivity contribution in [3.8, 4) is 5.75 Å². The first-order valence-electron chi connectivity index (χ1n) is 7.14. The quantitative estimate of drug-likeness (QED) is 0.853. The Labute approximate surface area is 130 Å². The SMILES string of the molecule is Cc1c(C=O)cccc1C(=O)Nc1cccc(OC(C)C)c1. The van der Waals surface area contributed by atoms with Gasteiger partial charge in [0.25, 0.3) is 5.91 Å². The highest BCUT2D eigenvalue weighted by molar-refractivity contribution is 6.06. The van der Waals surface area contributed by atoms with E-state index in [-0.39, 0.29) is 12.0 Å². The van der Waals surface area contributed by atoms with Gasteiger partial charge in [0, 0.05) is 22.9 Å². The molecule has 2 aromatic rings. The largest absolute Gasteiger partial charge is 0.491 e. The summed E-state index contributed by atoms with van der Waals surface area (Å²) in [5, 5.41) is 2.83. The first-order chi connectivity index (χ1) is 10.5. The smallest absolute Gasteiger partial charge is 0.255 e. The topological polar surface area (TPSA) is 55.4 Å². The average molecular weight is 297 g/mol. The predicted molar refractivity (Wildman–Crippen MR) is 86.7 cm³/mol. The minimum atomic E-state index is -0.247. The van der Waals surface area contributed by atoms with E-state index < -0.39 is 0 Å². The van der Waals surface area contributed by atoms with Gasteiger partial charge in [0.1, 0.15) is 12.0 Å². The maximum absolute atomic E-state index is 12.4. The van der Waals surface area contributed by atoms with Crippen LogP contribution in [0.2, 0.25) is 0 Å². The number of amides is 1. The first-order valence-corrected chi connectivity index (χ1v) is 7.14. The lowest BCUT2D eigenvalue weighted by molar-refractivity contribution is 0.102. The number of rotatable bonds is 5. The molecule has 0 saturated heterocycles. The van der Waals surface area contributed by atoms with Crippen LogP contribution in [0.15, 0.2) is 42.5 Å². The molecule has 0 radical (unpaired) electrons. The number of anilines is 1. The first kappa shape index (κ1) is 15.8. The molecule has 4 heteroatoms. The third kappa shape index (κ3) is 3.73. The molecule has 0 aliphatic carbocycles. The van der Waals surface area contributed by atoms with Crippen molar-refractivity contribution < 1.29 is 14.3 Å². The zero-order chi connectivity index (χ0) is 16.1. The fourth-order valence-electron chi connectivity index (χ4n) is 2.14. The molecule has 0 aliphatic rings. The van der Waals surface area contributed by atoms with E-state index >= 15 is 0 Å². The van der Waals surface area contributed by atoms with Gasteiger partial charge >= 0.3 is 0 Å². The third-order valence-electron chi connectivity index (χ3n) is 3.21. The summed E-state index contributed by atoms with van der Waals surface area (Å²) in [4.78, 5) is 23.3. The van der Waals surface area contributed by atoms with E-state index in [1.165, 1.54) is 0 Å². The number of nitrogens with one attached hydrogen (secondary N) is 1. The van der Waals surface area contributed by atoms with Crippen LogP contribution in [0.5, 0.6) is 5.75 Å². The number of carbonyl (C=O) groups excluding carboxylic acids is 2. The van der Waals surface area contributed by atoms with Gasteiger partial charge < -0.3 is 10.1 Å². The molecule has 2 rings (SSSR count). The van der Waals surface area contributed by atoms with E-state index in [2.05, 4.69) is 5.32 Å². The predicted octanol–water partition coefficient (Wildman–Crippen LogP) is 3.85. The van der Waals surface area contributed by atoms with Crippen LogP contribution in [0.1, 0.15) is 40.1 Å². The van der Waals surface area contributed by atoms with Gasteiger partial charge in [-0.15, -0.1) is 0 Å². The summed E-state index contributed by atoms with van der Waals surface area (Å²) >= 11 is 0. The van der Waals surface area contributed by atoms with Crippen molar-refractivity contribution in [1.82, 2.24) is 0 Å². The summed E-state index contributed by atoms with van der Waals surface area (Å²) in [5.74, 6) is 0.453. The fraction of sp³-hybridized carbons (Fsp3) is 0.222. The van der Waals surface area contributed by atoms with E-state index in [0.29, 0.717) is 28.1 Å². The lowest BCUT2D eigenvalue weighted by atomic mass is 10.0. The zero-order valence-corrected chi connectivity index (χ0v) is 12.9. The molecule has 0 bridgehead atoms. The Morgan fingerprint density at radius 3 is 2.59 bits per heavy atom. The Bertz CT molecular complexity index is 692. The molecular weight excluding hydrogens is 278 g/mol. The third-order valence-corrected chi connectivity index (χ3v) is 3.21. The van der Waals surface area contributed by atoms with E-state index in [4.69, 9.17) is 4.74 Å². The Hall–Kier alpha value is -2.62. The molecule has 0 saturated carbocycles. The van der Waals surface area contributed by atoms with Crippen LogP contribution >= 0.6 is 0 Å². The lowest BCUT2D eigenvalue weighted by Crippen LogP contribution is -2.14. The summed E-state index contributed by atoms with van der Waals surface area (Å²) in [7, 11) is 0. The van der Waals surface area contributed by atoms with Crippen LogP contribution in [0.4, 0.5) is 5.69 Å². The summed E-state index contributed by atoms with van der Waals surface area (Å²) in [6.07, 6.45) is 0.820. The molecule has 4 nitrogen and oxygen atoms in total. The van der Waals surface area contributed by atoms with Gasteiger partial charge in [-0.05, 0) is 44.5 Å². The second-order valence-corrected chi connectivity index (χ2v) is 5.29. The normalized spacial score (nSPS) is 10.4. The number of carbonyl (C=O) groups is 2. The molecule has 0 aliphatic heterocycles. The molecule has 0 heterocycles. The second-order valence-electron chi connectivity index (χ2n) is 5.29. The highest BCUT2D eigenvalue weighted by Gasteiger charge is 2.12. The number of hydrogen-bond acceptors (Lipinski definition) is 3. The Morgan fingerprint density at radius 1 is 1.18 bits per heavy atom. The average Bonchev–Trinajstić information content (AvgIpc) is 2.47. The van der Waals surface area contributed by atoms with Gasteiger partial charge in [0.15, 0.2) is 0 Å². The summed E-state index contributed by atoms with van der Waals surface area (Å²) in [6, 6.07) is 12.3. The molecule has 0 atom stereocenters. The Morgan fingerprint density at radius 2 is 1.91 bits per heavy atom. The maximum atomic E-state index is 12.4. The van der Waals surface area contributed by atoms with Crippen LogP contribution in [-0.4, -0.2) is 18.3 Å². The number of ether oxygens (including phenoxy) is 1. The maximum Gasteiger partial charge on any atom is 0.255 e. The van der Waals surface area contributed by atoms with Crippen molar-refractivity contribution >= 4 is 17.9 Å². The highest BCUT2D eigenvalue weighted by atomic mass is 16.5. The molecule has 0 unspecified atom stereocenters. The molecule has 1 N–H and O–H groups in total. The standard InChI is InChI=1S/C18H19NO3/c1-12(2)22-16-8-5-7-15(10-16)19-18(21)17-9-4-6-14(11-20)13(17)3/h4-12H,1-3H3,(H,19,21). The van der Waals surface area contributed by atoms with Crippen molar-refractivity contribution in [2.45, 2.75) is 26.9 Å². The van der Waals surface area contributed by atoms with Gasteiger partial charge in [-0.3, -0.25) is 9.59 Å². The molecule has 2 aromatic carbocycles. The van der Waals surface area contributed by atoms with Crippen LogP contribution < -0.4 is 10.1 Å². The Balaban J connectivity index is 2.20. The van der Waals surface area contributed by atoms with Crippen molar-refractivity contribution in [1.29, 1.82) is 0 Å². The summed E-state index contributed by atoms with van der Waals surface area (Å²) in [5.41, 5.74) is 2.33. The Kier molecular flexibility index (Phi) is 4.94. The van der Waals surface area contributed by atoms with Crippen LogP contribution in [0, 0.1) is 6.92 Å². The van der Waals surface area contributed by atoms with Crippen molar-refractivity contribution in [3.63, 3.8) is 0 Å². The molecule has 1 amide bonds. The van der Waals surface area contributed by atoms with Crippen molar-refractivity contribution in [3.05, 3.63) is 59.2 Å².